The molecule has 1 heterocycles. The number of ketones is 1. The summed E-state index contributed by atoms with van der Waals surface area (Å²) < 4.78 is 56.7. The van der Waals surface area contributed by atoms with E-state index in [2.05, 4.69) is 0 Å². The molecule has 1 amide bonds. The van der Waals surface area contributed by atoms with E-state index in [-0.39, 0.29) is 12.0 Å². The van der Waals surface area contributed by atoms with Gasteiger partial charge < -0.3 is 4.74 Å². The summed E-state index contributed by atoms with van der Waals surface area (Å²) in [4.78, 5) is 25.5. The van der Waals surface area contributed by atoms with E-state index >= 15 is 0 Å². The van der Waals surface area contributed by atoms with Crippen LogP contribution in [0.3, 0.4) is 0 Å². The summed E-state index contributed by atoms with van der Waals surface area (Å²) in [6.07, 6.45) is -5.35. The number of nitrogens with zero attached hydrogens (tertiary/aromatic N) is 1. The minimum absolute atomic E-state index is 0.0507. The minimum Gasteiger partial charge on any atom is -0.444 e. The lowest BCUT2D eigenvalue weighted by atomic mass is 9.94. The van der Waals surface area contributed by atoms with Gasteiger partial charge in [-0.1, -0.05) is 6.07 Å². The molecular formula is C17H19F4NO3. The van der Waals surface area contributed by atoms with Crippen LogP contribution in [0, 0.1) is 5.82 Å². The van der Waals surface area contributed by atoms with Crippen LogP contribution in [-0.2, 0) is 22.1 Å². The molecule has 1 atom stereocenters. The molecule has 0 aromatic heterocycles. The zero-order chi connectivity index (χ0) is 19.0. The normalized spacial score (nSPS) is 17.9. The van der Waals surface area contributed by atoms with Gasteiger partial charge in [0.2, 0.25) is 0 Å². The molecular weight excluding hydrogens is 342 g/mol. The number of amides is 1. The van der Waals surface area contributed by atoms with Crippen LogP contribution in [0.2, 0.25) is 0 Å². The molecule has 1 fully saturated rings. The summed E-state index contributed by atoms with van der Waals surface area (Å²) in [6, 6.07) is 1.73. The quantitative estimate of drug-likeness (QED) is 0.766. The highest BCUT2D eigenvalue weighted by atomic mass is 19.4. The zero-order valence-corrected chi connectivity index (χ0v) is 14.1. The standard InChI is InChI=1S/C17H19F4NO3/c1-16(2,3)25-15(24)22-7-6-13(22)14(23)9-10-4-5-12(18)11(8-10)17(19,20)21/h4-5,8,13H,6-7,9H2,1-3H3/t13-/m0/s1. The van der Waals surface area contributed by atoms with Gasteiger partial charge in [-0.15, -0.1) is 0 Å². The van der Waals surface area contributed by atoms with E-state index in [1.165, 1.54) is 4.90 Å². The van der Waals surface area contributed by atoms with Gasteiger partial charge in [-0.05, 0) is 44.9 Å². The van der Waals surface area contributed by atoms with Gasteiger partial charge in [0.1, 0.15) is 11.4 Å². The number of Topliss-reactive ketones (excluding diaryl/α,β-unsaturated/α-hetero) is 1. The maximum atomic E-state index is 13.3. The first-order valence-corrected chi connectivity index (χ1v) is 7.76. The van der Waals surface area contributed by atoms with E-state index in [4.69, 9.17) is 4.74 Å². The summed E-state index contributed by atoms with van der Waals surface area (Å²) in [7, 11) is 0. The number of halogens is 4. The number of hydrogen-bond acceptors (Lipinski definition) is 3. The van der Waals surface area contributed by atoms with Gasteiger partial charge in [-0.2, -0.15) is 13.2 Å². The summed E-state index contributed by atoms with van der Waals surface area (Å²) >= 11 is 0. The first kappa shape index (κ1) is 19.2. The van der Waals surface area contributed by atoms with Crippen LogP contribution < -0.4 is 0 Å². The second-order valence-electron chi connectivity index (χ2n) is 6.93. The molecule has 0 N–H and O–H groups in total. The molecule has 0 spiro atoms. The van der Waals surface area contributed by atoms with Crippen molar-refractivity contribution in [2.45, 2.75) is 51.4 Å². The number of alkyl halides is 3. The van der Waals surface area contributed by atoms with Crippen molar-refractivity contribution < 1.29 is 31.9 Å². The molecule has 8 heteroatoms. The Kier molecular flexibility index (Phi) is 5.11. The lowest BCUT2D eigenvalue weighted by Crippen LogP contribution is -2.56. The Bertz CT molecular complexity index is 679. The molecule has 0 bridgehead atoms. The Hall–Kier alpha value is -2.12. The predicted molar refractivity (Wildman–Crippen MR) is 81.5 cm³/mol. The lowest BCUT2D eigenvalue weighted by Gasteiger charge is -2.40. The highest BCUT2D eigenvalue weighted by molar-refractivity contribution is 5.90. The largest absolute Gasteiger partial charge is 0.444 e. The van der Waals surface area contributed by atoms with E-state index in [1.54, 1.807) is 20.8 Å². The van der Waals surface area contributed by atoms with Gasteiger partial charge in [0.05, 0.1) is 11.6 Å². The molecule has 0 radical (unpaired) electrons. The fourth-order valence-electron chi connectivity index (χ4n) is 2.48. The average Bonchev–Trinajstić information content (AvgIpc) is 2.35. The number of ether oxygens (including phenoxy) is 1. The topological polar surface area (TPSA) is 46.6 Å². The van der Waals surface area contributed by atoms with E-state index in [9.17, 15) is 27.2 Å². The number of benzene rings is 1. The third kappa shape index (κ3) is 4.70. The van der Waals surface area contributed by atoms with Crippen LogP contribution in [0.4, 0.5) is 22.4 Å². The van der Waals surface area contributed by atoms with Gasteiger partial charge in [0.15, 0.2) is 5.78 Å². The monoisotopic (exact) mass is 361 g/mol. The van der Waals surface area contributed by atoms with Crippen LogP contribution in [-0.4, -0.2) is 35.0 Å². The van der Waals surface area contributed by atoms with E-state index in [1.807, 2.05) is 0 Å². The van der Waals surface area contributed by atoms with Crippen molar-refractivity contribution in [3.63, 3.8) is 0 Å². The highest BCUT2D eigenvalue weighted by Gasteiger charge is 2.40. The second kappa shape index (κ2) is 6.65. The fourth-order valence-corrected chi connectivity index (χ4v) is 2.48. The number of likely N-dealkylation sites (tertiary alicyclic amines) is 1. The third-order valence-electron chi connectivity index (χ3n) is 3.73. The average molecular weight is 361 g/mol. The summed E-state index contributed by atoms with van der Waals surface area (Å²) in [5.74, 6) is -1.79. The summed E-state index contributed by atoms with van der Waals surface area (Å²) in [5.41, 5.74) is -2.07. The molecule has 0 saturated carbocycles. The van der Waals surface area contributed by atoms with E-state index in [0.717, 1.165) is 6.07 Å². The number of carbonyl (C=O) groups excluding carboxylic acids is 2. The SMILES string of the molecule is CC(C)(C)OC(=O)N1CC[C@H]1C(=O)Cc1ccc(F)c(C(F)(F)F)c1. The van der Waals surface area contributed by atoms with Gasteiger partial charge in [0.25, 0.3) is 0 Å². The summed E-state index contributed by atoms with van der Waals surface area (Å²) in [6.45, 7) is 5.43. The Morgan fingerprint density at radius 1 is 1.24 bits per heavy atom. The Labute approximate surface area is 142 Å². The third-order valence-corrected chi connectivity index (χ3v) is 3.73. The molecule has 1 aromatic carbocycles. The molecule has 138 valence electrons. The highest BCUT2D eigenvalue weighted by Crippen LogP contribution is 2.32. The van der Waals surface area contributed by atoms with E-state index < -0.39 is 41.1 Å². The van der Waals surface area contributed by atoms with Crippen molar-refractivity contribution in [1.29, 1.82) is 0 Å². The van der Waals surface area contributed by atoms with Gasteiger partial charge in [0, 0.05) is 13.0 Å². The predicted octanol–water partition coefficient (Wildman–Crippen LogP) is 3.97. The first-order chi connectivity index (χ1) is 11.4. The molecule has 25 heavy (non-hydrogen) atoms. The van der Waals surface area contributed by atoms with Crippen LogP contribution >= 0.6 is 0 Å². The number of rotatable bonds is 3. The smallest absolute Gasteiger partial charge is 0.419 e. The molecule has 1 saturated heterocycles. The van der Waals surface area contributed by atoms with Crippen molar-refractivity contribution >= 4 is 11.9 Å². The van der Waals surface area contributed by atoms with Gasteiger partial charge in [-0.3, -0.25) is 9.69 Å². The number of hydrogen-bond donors (Lipinski definition) is 0. The molecule has 0 unspecified atom stereocenters. The molecule has 0 aliphatic carbocycles. The van der Waals surface area contributed by atoms with Crippen LogP contribution in [0.5, 0.6) is 0 Å². The van der Waals surface area contributed by atoms with Crippen LogP contribution in [0.1, 0.15) is 38.3 Å². The first-order valence-electron chi connectivity index (χ1n) is 7.76. The fraction of sp³-hybridized carbons (Fsp3) is 0.529. The van der Waals surface area contributed by atoms with Crippen molar-refractivity contribution in [2.75, 3.05) is 6.54 Å². The van der Waals surface area contributed by atoms with Gasteiger partial charge >= 0.3 is 12.3 Å². The number of carbonyl (C=O) groups is 2. The molecule has 1 aliphatic heterocycles. The maximum absolute atomic E-state index is 13.3. The maximum Gasteiger partial charge on any atom is 0.419 e. The minimum atomic E-state index is -4.83. The molecule has 4 nitrogen and oxygen atoms in total. The Balaban J connectivity index is 2.07. The van der Waals surface area contributed by atoms with Crippen molar-refractivity contribution in [2.24, 2.45) is 0 Å². The molecule has 1 aromatic rings. The lowest BCUT2D eigenvalue weighted by molar-refractivity contribution is -0.140. The second-order valence-corrected chi connectivity index (χ2v) is 6.93. The summed E-state index contributed by atoms with van der Waals surface area (Å²) in [5, 5.41) is 0. The van der Waals surface area contributed by atoms with Gasteiger partial charge in [-0.25, -0.2) is 9.18 Å². The van der Waals surface area contributed by atoms with Crippen LogP contribution in [0.15, 0.2) is 18.2 Å². The molecule has 1 aliphatic rings. The zero-order valence-electron chi connectivity index (χ0n) is 14.1. The Morgan fingerprint density at radius 3 is 2.36 bits per heavy atom. The van der Waals surface area contributed by atoms with Crippen molar-refractivity contribution in [1.82, 2.24) is 4.90 Å². The van der Waals surface area contributed by atoms with Crippen molar-refractivity contribution in [3.05, 3.63) is 35.1 Å². The molecule has 2 rings (SSSR count). The van der Waals surface area contributed by atoms with Crippen molar-refractivity contribution in [3.8, 4) is 0 Å². The van der Waals surface area contributed by atoms with Crippen LogP contribution in [0.25, 0.3) is 0 Å². The van der Waals surface area contributed by atoms with E-state index in [0.29, 0.717) is 25.1 Å². The Morgan fingerprint density at radius 2 is 1.88 bits per heavy atom.